The number of benzene rings is 3. The molecule has 156 valence electrons. The second-order valence-electron chi connectivity index (χ2n) is 7.79. The van der Waals surface area contributed by atoms with Crippen molar-refractivity contribution in [1.29, 1.82) is 0 Å². The first-order valence-corrected chi connectivity index (χ1v) is 11.7. The van der Waals surface area contributed by atoms with Crippen molar-refractivity contribution in [2.24, 2.45) is 0 Å². The number of rotatable bonds is 6. The van der Waals surface area contributed by atoms with Crippen molar-refractivity contribution in [3.8, 4) is 0 Å². The van der Waals surface area contributed by atoms with Crippen LogP contribution >= 0.6 is 0 Å². The van der Waals surface area contributed by atoms with Crippen molar-refractivity contribution >= 4 is 26.8 Å². The van der Waals surface area contributed by atoms with Gasteiger partial charge in [-0.25, -0.2) is 8.42 Å². The summed E-state index contributed by atoms with van der Waals surface area (Å²) >= 11 is 0. The lowest BCUT2D eigenvalue weighted by atomic mass is 9.89. The second kappa shape index (κ2) is 8.58. The summed E-state index contributed by atoms with van der Waals surface area (Å²) in [6.07, 6.45) is 2.21. The van der Waals surface area contributed by atoms with E-state index in [2.05, 4.69) is 12.1 Å². The molecule has 1 aliphatic rings. The van der Waals surface area contributed by atoms with Gasteiger partial charge >= 0.3 is 5.97 Å². The molecule has 1 saturated heterocycles. The fraction of sp³-hybridized carbons (Fsp3) is 0.292. The number of carbonyl (C=O) groups is 1. The lowest BCUT2D eigenvalue weighted by Crippen LogP contribution is -2.38. The molecule has 0 aliphatic carbocycles. The number of hydrogen-bond donors (Lipinski definition) is 1. The highest BCUT2D eigenvalue weighted by molar-refractivity contribution is 7.89. The van der Waals surface area contributed by atoms with E-state index in [0.29, 0.717) is 30.3 Å². The number of nitrogens with zero attached hydrogens (tertiary/aromatic N) is 1. The molecule has 0 atom stereocenters. The summed E-state index contributed by atoms with van der Waals surface area (Å²) in [5, 5.41) is 10.5. The summed E-state index contributed by atoms with van der Waals surface area (Å²) in [5.74, 6) is -0.476. The average molecular weight is 424 g/mol. The van der Waals surface area contributed by atoms with Crippen LogP contribution in [0.5, 0.6) is 0 Å². The molecular weight excluding hydrogens is 398 g/mol. The molecule has 1 fully saturated rings. The van der Waals surface area contributed by atoms with Crippen LogP contribution in [0.25, 0.3) is 10.8 Å². The Morgan fingerprint density at radius 2 is 1.60 bits per heavy atom. The Labute approximate surface area is 177 Å². The molecule has 0 saturated carbocycles. The van der Waals surface area contributed by atoms with Crippen LogP contribution in [0.1, 0.15) is 36.3 Å². The highest BCUT2D eigenvalue weighted by Crippen LogP contribution is 2.32. The molecule has 1 N–H and O–H groups in total. The topological polar surface area (TPSA) is 74.7 Å². The minimum atomic E-state index is -3.54. The zero-order valence-electron chi connectivity index (χ0n) is 16.7. The maximum atomic E-state index is 13.3. The minimum absolute atomic E-state index is 0.129. The van der Waals surface area contributed by atoms with E-state index in [4.69, 9.17) is 5.11 Å². The van der Waals surface area contributed by atoms with Gasteiger partial charge in [-0.2, -0.15) is 4.31 Å². The first-order valence-electron chi connectivity index (χ1n) is 10.2. The number of piperidine rings is 1. The SMILES string of the molecule is O=C(O)CCc1ccc(C2CCN(S(=O)(=O)c3cccc4ccccc34)CC2)cc1. The number of hydrogen-bond acceptors (Lipinski definition) is 3. The van der Waals surface area contributed by atoms with Crippen LogP contribution < -0.4 is 0 Å². The van der Waals surface area contributed by atoms with E-state index >= 15 is 0 Å². The molecule has 3 aromatic rings. The van der Waals surface area contributed by atoms with Gasteiger partial charge in [-0.05, 0) is 47.8 Å². The van der Waals surface area contributed by atoms with E-state index in [0.717, 1.165) is 29.2 Å². The third-order valence-electron chi connectivity index (χ3n) is 5.90. The van der Waals surface area contributed by atoms with Crippen molar-refractivity contribution < 1.29 is 18.3 Å². The molecule has 3 aromatic carbocycles. The molecule has 5 nitrogen and oxygen atoms in total. The summed E-state index contributed by atoms with van der Waals surface area (Å²) in [6.45, 7) is 0.994. The first kappa shape index (κ1) is 20.6. The van der Waals surface area contributed by atoms with Crippen molar-refractivity contribution in [2.45, 2.75) is 36.5 Å². The smallest absolute Gasteiger partial charge is 0.303 e. The van der Waals surface area contributed by atoms with E-state index in [1.165, 1.54) is 5.56 Å². The van der Waals surface area contributed by atoms with E-state index in [1.54, 1.807) is 16.4 Å². The fourth-order valence-corrected chi connectivity index (χ4v) is 5.88. The second-order valence-corrected chi connectivity index (χ2v) is 9.70. The van der Waals surface area contributed by atoms with Crippen LogP contribution in [0.15, 0.2) is 71.6 Å². The summed E-state index contributed by atoms with van der Waals surface area (Å²) in [4.78, 5) is 11.1. The van der Waals surface area contributed by atoms with Gasteiger partial charge in [0.15, 0.2) is 0 Å². The van der Waals surface area contributed by atoms with E-state index in [9.17, 15) is 13.2 Å². The molecule has 6 heteroatoms. The highest BCUT2D eigenvalue weighted by atomic mass is 32.2. The Kier molecular flexibility index (Phi) is 5.88. The summed E-state index contributed by atoms with van der Waals surface area (Å²) in [5.41, 5.74) is 2.20. The Morgan fingerprint density at radius 3 is 2.30 bits per heavy atom. The largest absolute Gasteiger partial charge is 0.481 e. The lowest BCUT2D eigenvalue weighted by molar-refractivity contribution is -0.136. The quantitative estimate of drug-likeness (QED) is 0.637. The van der Waals surface area contributed by atoms with E-state index in [1.807, 2.05) is 42.5 Å². The maximum Gasteiger partial charge on any atom is 0.303 e. The third kappa shape index (κ3) is 4.25. The zero-order chi connectivity index (χ0) is 21.1. The predicted molar refractivity (Wildman–Crippen MR) is 117 cm³/mol. The van der Waals surface area contributed by atoms with Crippen LogP contribution in [-0.4, -0.2) is 36.9 Å². The van der Waals surface area contributed by atoms with Gasteiger partial charge in [0.05, 0.1) is 4.90 Å². The first-order chi connectivity index (χ1) is 14.4. The van der Waals surface area contributed by atoms with Gasteiger partial charge in [0.25, 0.3) is 0 Å². The molecule has 1 aliphatic heterocycles. The zero-order valence-corrected chi connectivity index (χ0v) is 17.5. The number of sulfonamides is 1. The molecule has 30 heavy (non-hydrogen) atoms. The van der Waals surface area contributed by atoms with Gasteiger partial charge < -0.3 is 5.11 Å². The molecule has 0 spiro atoms. The number of aryl methyl sites for hydroxylation is 1. The summed E-state index contributed by atoms with van der Waals surface area (Å²) in [6, 6.07) is 21.1. The maximum absolute atomic E-state index is 13.3. The van der Waals surface area contributed by atoms with Gasteiger partial charge in [0.1, 0.15) is 0 Å². The van der Waals surface area contributed by atoms with Crippen LogP contribution in [-0.2, 0) is 21.2 Å². The van der Waals surface area contributed by atoms with Crippen molar-refractivity contribution in [3.63, 3.8) is 0 Å². The normalized spacial score (nSPS) is 16.0. The van der Waals surface area contributed by atoms with Gasteiger partial charge in [0.2, 0.25) is 10.0 Å². The lowest BCUT2D eigenvalue weighted by Gasteiger charge is -2.31. The molecule has 1 heterocycles. The fourth-order valence-electron chi connectivity index (χ4n) is 4.20. The van der Waals surface area contributed by atoms with E-state index in [-0.39, 0.29) is 6.42 Å². The van der Waals surface area contributed by atoms with Gasteiger partial charge in [-0.15, -0.1) is 0 Å². The van der Waals surface area contributed by atoms with Gasteiger partial charge in [-0.1, -0.05) is 60.7 Å². The van der Waals surface area contributed by atoms with Gasteiger partial charge in [-0.3, -0.25) is 4.79 Å². The molecule has 0 bridgehead atoms. The number of aliphatic carboxylic acids is 1. The van der Waals surface area contributed by atoms with Crippen molar-refractivity contribution in [2.75, 3.05) is 13.1 Å². The number of carboxylic acids is 1. The van der Waals surface area contributed by atoms with Crippen LogP contribution in [0, 0.1) is 0 Å². The molecule has 4 rings (SSSR count). The molecule has 0 amide bonds. The standard InChI is InChI=1S/C24H25NO4S/c26-24(27)13-10-18-8-11-19(12-9-18)20-14-16-25(17-15-20)30(28,29)23-7-3-5-21-4-1-2-6-22(21)23/h1-9,11-12,20H,10,13-17H2,(H,26,27). The van der Waals surface area contributed by atoms with E-state index < -0.39 is 16.0 Å². The molecule has 0 aromatic heterocycles. The predicted octanol–water partition coefficient (Wildman–Crippen LogP) is 4.43. The molecular formula is C24H25NO4S. The average Bonchev–Trinajstić information content (AvgIpc) is 2.77. The Balaban J connectivity index is 1.45. The summed E-state index contributed by atoms with van der Waals surface area (Å²) < 4.78 is 28.2. The van der Waals surface area contributed by atoms with Crippen LogP contribution in [0.4, 0.5) is 0 Å². The highest BCUT2D eigenvalue weighted by Gasteiger charge is 2.30. The minimum Gasteiger partial charge on any atom is -0.481 e. The number of carboxylic acid groups (broad SMARTS) is 1. The van der Waals surface area contributed by atoms with Crippen molar-refractivity contribution in [1.82, 2.24) is 4.31 Å². The van der Waals surface area contributed by atoms with Crippen LogP contribution in [0.2, 0.25) is 0 Å². The van der Waals surface area contributed by atoms with Gasteiger partial charge in [0, 0.05) is 24.9 Å². The Bertz CT molecular complexity index is 1140. The summed E-state index contributed by atoms with van der Waals surface area (Å²) in [7, 11) is -3.54. The van der Waals surface area contributed by atoms with Crippen LogP contribution in [0.3, 0.4) is 0 Å². The monoisotopic (exact) mass is 423 g/mol. The third-order valence-corrected chi connectivity index (χ3v) is 7.86. The molecule has 0 radical (unpaired) electrons. The van der Waals surface area contributed by atoms with Crippen molar-refractivity contribution in [3.05, 3.63) is 77.9 Å². The Hall–Kier alpha value is -2.70. The molecule has 0 unspecified atom stereocenters. The number of fused-ring (bicyclic) bond motifs is 1. The Morgan fingerprint density at radius 1 is 0.933 bits per heavy atom.